The molecule has 1 spiro atoms. The number of likely N-dealkylation sites (tertiary alicyclic amines) is 1. The largest absolute Gasteiger partial charge is 0.391 e. The molecule has 130 valence electrons. The van der Waals surface area contributed by atoms with Gasteiger partial charge >= 0.3 is 0 Å². The van der Waals surface area contributed by atoms with Crippen LogP contribution in [0.15, 0.2) is 6.20 Å². The van der Waals surface area contributed by atoms with E-state index in [2.05, 4.69) is 10.3 Å². The maximum atomic E-state index is 12.7. The molecule has 1 aliphatic carbocycles. The topological polar surface area (TPSA) is 82.5 Å². The molecule has 0 unspecified atom stereocenters. The fourth-order valence-corrected chi connectivity index (χ4v) is 4.81. The monoisotopic (exact) mass is 349 g/mol. The van der Waals surface area contributed by atoms with E-state index in [0.29, 0.717) is 43.8 Å². The third kappa shape index (κ3) is 3.07. The molecule has 4 rings (SSSR count). The lowest BCUT2D eigenvalue weighted by atomic mass is 9.71. The Morgan fingerprint density at radius 3 is 2.88 bits per heavy atom. The standard InChI is InChI=1S/C17H23N3O3S/c21-12-8-17(16(23)19-9-12)3-5-20(6-4-17)15(22)13-10-18-14(24-13)7-11-1-2-11/h10-12,21H,1-9H2,(H,19,23)/t12-/m0/s1. The summed E-state index contributed by atoms with van der Waals surface area (Å²) in [5.74, 6) is 0.829. The Kier molecular flexibility index (Phi) is 4.08. The molecule has 0 aromatic carbocycles. The van der Waals surface area contributed by atoms with Crippen molar-refractivity contribution in [3.63, 3.8) is 0 Å². The van der Waals surface area contributed by atoms with Crippen LogP contribution in [0.4, 0.5) is 0 Å². The Hall–Kier alpha value is -1.47. The van der Waals surface area contributed by atoms with Gasteiger partial charge in [-0.2, -0.15) is 0 Å². The predicted molar refractivity (Wildman–Crippen MR) is 89.7 cm³/mol. The lowest BCUT2D eigenvalue weighted by molar-refractivity contribution is -0.140. The summed E-state index contributed by atoms with van der Waals surface area (Å²) in [6.07, 6.45) is 6.54. The van der Waals surface area contributed by atoms with Gasteiger partial charge in [0.05, 0.1) is 22.7 Å². The molecular formula is C17H23N3O3S. The second kappa shape index (κ2) is 6.11. The van der Waals surface area contributed by atoms with Crippen LogP contribution in [0.1, 0.15) is 46.8 Å². The number of hydrogen-bond donors (Lipinski definition) is 2. The minimum Gasteiger partial charge on any atom is -0.391 e. The normalized spacial score (nSPS) is 26.5. The zero-order valence-electron chi connectivity index (χ0n) is 13.7. The number of rotatable bonds is 3. The van der Waals surface area contributed by atoms with Crippen molar-refractivity contribution in [2.45, 2.75) is 44.6 Å². The van der Waals surface area contributed by atoms with E-state index < -0.39 is 11.5 Å². The molecule has 1 aromatic heterocycles. The van der Waals surface area contributed by atoms with E-state index in [1.165, 1.54) is 24.2 Å². The van der Waals surface area contributed by atoms with Gasteiger partial charge in [-0.05, 0) is 38.0 Å². The molecular weight excluding hydrogens is 326 g/mol. The minimum absolute atomic E-state index is 0.0289. The number of hydrogen-bond acceptors (Lipinski definition) is 5. The van der Waals surface area contributed by atoms with Gasteiger partial charge in [-0.15, -0.1) is 11.3 Å². The molecule has 3 heterocycles. The van der Waals surface area contributed by atoms with Gasteiger partial charge in [0.2, 0.25) is 5.91 Å². The summed E-state index contributed by atoms with van der Waals surface area (Å²) in [5, 5.41) is 13.7. The van der Waals surface area contributed by atoms with Crippen molar-refractivity contribution < 1.29 is 14.7 Å². The average molecular weight is 349 g/mol. The van der Waals surface area contributed by atoms with E-state index in [4.69, 9.17) is 0 Å². The maximum Gasteiger partial charge on any atom is 0.265 e. The summed E-state index contributed by atoms with van der Waals surface area (Å²) >= 11 is 1.51. The van der Waals surface area contributed by atoms with Gasteiger partial charge in [0.1, 0.15) is 4.88 Å². The highest BCUT2D eigenvalue weighted by Crippen LogP contribution is 2.39. The van der Waals surface area contributed by atoms with E-state index in [1.807, 2.05) is 4.90 Å². The average Bonchev–Trinajstić information content (AvgIpc) is 3.26. The van der Waals surface area contributed by atoms with Crippen molar-refractivity contribution in [2.75, 3.05) is 19.6 Å². The minimum atomic E-state index is -0.501. The van der Waals surface area contributed by atoms with Crippen LogP contribution in [0.2, 0.25) is 0 Å². The van der Waals surface area contributed by atoms with Gasteiger partial charge in [0.15, 0.2) is 0 Å². The summed E-state index contributed by atoms with van der Waals surface area (Å²) in [5.41, 5.74) is -0.501. The van der Waals surface area contributed by atoms with Gasteiger partial charge < -0.3 is 15.3 Å². The van der Waals surface area contributed by atoms with E-state index >= 15 is 0 Å². The number of aliphatic hydroxyl groups excluding tert-OH is 1. The van der Waals surface area contributed by atoms with Crippen LogP contribution in [0.5, 0.6) is 0 Å². The number of piperidine rings is 2. The molecule has 2 N–H and O–H groups in total. The number of carbonyl (C=O) groups is 2. The number of nitrogens with one attached hydrogen (secondary N) is 1. The Balaban J connectivity index is 1.38. The van der Waals surface area contributed by atoms with Crippen LogP contribution in [0.25, 0.3) is 0 Å². The van der Waals surface area contributed by atoms with E-state index in [1.54, 1.807) is 6.20 Å². The van der Waals surface area contributed by atoms with Crippen LogP contribution < -0.4 is 5.32 Å². The fraction of sp³-hybridized carbons (Fsp3) is 0.706. The lowest BCUT2D eigenvalue weighted by Crippen LogP contribution is -2.56. The first-order chi connectivity index (χ1) is 11.6. The number of nitrogens with zero attached hydrogens (tertiary/aromatic N) is 2. The first-order valence-electron chi connectivity index (χ1n) is 8.76. The lowest BCUT2D eigenvalue weighted by Gasteiger charge is -2.44. The highest BCUT2D eigenvalue weighted by Gasteiger charge is 2.46. The number of carbonyl (C=O) groups excluding carboxylic acids is 2. The molecule has 24 heavy (non-hydrogen) atoms. The highest BCUT2D eigenvalue weighted by molar-refractivity contribution is 7.13. The zero-order valence-corrected chi connectivity index (χ0v) is 14.5. The van der Waals surface area contributed by atoms with Crippen LogP contribution in [0, 0.1) is 11.3 Å². The summed E-state index contributed by atoms with van der Waals surface area (Å²) < 4.78 is 0. The third-order valence-electron chi connectivity index (χ3n) is 5.54. The molecule has 0 radical (unpaired) electrons. The molecule has 2 aliphatic heterocycles. The quantitative estimate of drug-likeness (QED) is 0.859. The Bertz CT molecular complexity index is 647. The number of aliphatic hydroxyl groups is 1. The number of thiazole rings is 1. The fourth-order valence-electron chi connectivity index (χ4n) is 3.81. The van der Waals surface area contributed by atoms with Gasteiger partial charge in [-0.1, -0.05) is 0 Å². The summed E-state index contributed by atoms with van der Waals surface area (Å²) in [4.78, 5) is 31.8. The van der Waals surface area contributed by atoms with Crippen molar-refractivity contribution in [3.8, 4) is 0 Å². The summed E-state index contributed by atoms with van der Waals surface area (Å²) in [7, 11) is 0. The van der Waals surface area contributed by atoms with Crippen molar-refractivity contribution >= 4 is 23.2 Å². The van der Waals surface area contributed by atoms with E-state index in [0.717, 1.165) is 17.3 Å². The second-order valence-electron chi connectivity index (χ2n) is 7.41. The van der Waals surface area contributed by atoms with Gasteiger partial charge in [0, 0.05) is 26.1 Å². The van der Waals surface area contributed by atoms with Gasteiger partial charge in [-0.3, -0.25) is 9.59 Å². The van der Waals surface area contributed by atoms with Crippen LogP contribution in [0.3, 0.4) is 0 Å². The Morgan fingerprint density at radius 1 is 1.42 bits per heavy atom. The van der Waals surface area contributed by atoms with Crippen molar-refractivity contribution in [2.24, 2.45) is 11.3 Å². The SMILES string of the molecule is O=C(c1cnc(CC2CC2)s1)N1CCC2(CC1)C[C@H](O)CNC2=O. The van der Waals surface area contributed by atoms with Crippen LogP contribution in [-0.4, -0.2) is 52.5 Å². The van der Waals surface area contributed by atoms with Crippen LogP contribution in [-0.2, 0) is 11.2 Å². The molecule has 2 amide bonds. The van der Waals surface area contributed by atoms with Crippen LogP contribution >= 0.6 is 11.3 Å². The molecule has 1 atom stereocenters. The van der Waals surface area contributed by atoms with Gasteiger partial charge in [0.25, 0.3) is 5.91 Å². The second-order valence-corrected chi connectivity index (χ2v) is 8.52. The van der Waals surface area contributed by atoms with E-state index in [9.17, 15) is 14.7 Å². The first kappa shape index (κ1) is 16.0. The molecule has 1 saturated carbocycles. The number of aromatic nitrogens is 1. The number of amides is 2. The first-order valence-corrected chi connectivity index (χ1v) is 9.58. The molecule has 3 aliphatic rings. The van der Waals surface area contributed by atoms with Crippen molar-refractivity contribution in [1.82, 2.24) is 15.2 Å². The third-order valence-corrected chi connectivity index (χ3v) is 6.55. The number of β-amino-alcohol motifs (C(OH)–C–C–N with tert-alkyl or cyclic N) is 1. The molecule has 3 fully saturated rings. The van der Waals surface area contributed by atoms with Crippen molar-refractivity contribution in [1.29, 1.82) is 0 Å². The summed E-state index contributed by atoms with van der Waals surface area (Å²) in [6.45, 7) is 1.47. The molecule has 6 nitrogen and oxygen atoms in total. The zero-order chi connectivity index (χ0) is 16.7. The smallest absolute Gasteiger partial charge is 0.265 e. The molecule has 1 aromatic rings. The highest BCUT2D eigenvalue weighted by atomic mass is 32.1. The Labute approximate surface area is 145 Å². The van der Waals surface area contributed by atoms with E-state index in [-0.39, 0.29) is 11.8 Å². The maximum absolute atomic E-state index is 12.7. The van der Waals surface area contributed by atoms with Crippen molar-refractivity contribution in [3.05, 3.63) is 16.1 Å². The molecule has 0 bridgehead atoms. The predicted octanol–water partition coefficient (Wildman–Crippen LogP) is 1.20. The molecule has 7 heteroatoms. The molecule has 2 saturated heterocycles. The Morgan fingerprint density at radius 2 is 2.17 bits per heavy atom. The van der Waals surface area contributed by atoms with Gasteiger partial charge in [-0.25, -0.2) is 4.98 Å². The summed E-state index contributed by atoms with van der Waals surface area (Å²) in [6, 6.07) is 0.